The predicted octanol–water partition coefficient (Wildman–Crippen LogP) is 3.57. The van der Waals surface area contributed by atoms with Gasteiger partial charge in [-0.2, -0.15) is 0 Å². The smallest absolute Gasteiger partial charge is 0.138 e. The van der Waals surface area contributed by atoms with Gasteiger partial charge in [0, 0.05) is 24.2 Å². The van der Waals surface area contributed by atoms with Gasteiger partial charge < -0.3 is 15.4 Å². The molecule has 0 bridgehead atoms. The Bertz CT molecular complexity index is 603. The van der Waals surface area contributed by atoms with E-state index >= 15 is 0 Å². The van der Waals surface area contributed by atoms with E-state index < -0.39 is 0 Å². The van der Waals surface area contributed by atoms with Gasteiger partial charge >= 0.3 is 0 Å². The maximum absolute atomic E-state index is 5.16. The largest absolute Gasteiger partial charge is 0.497 e. The minimum absolute atomic E-state index is 0.108. The number of ether oxygens (including phenoxy) is 1. The standard InChI is InChI=1S/C16H22N4O/c1-16(2,3)15-19-13(17-4)10-14(20-15)18-11-6-8-12(21-5)9-7-11/h6-10H,1-5H3,(H2,17,18,19,20). The first kappa shape index (κ1) is 15.1. The summed E-state index contributed by atoms with van der Waals surface area (Å²) in [6, 6.07) is 9.62. The number of benzene rings is 1. The van der Waals surface area contributed by atoms with E-state index in [0.29, 0.717) is 0 Å². The number of rotatable bonds is 4. The number of aromatic nitrogens is 2. The topological polar surface area (TPSA) is 59.1 Å². The van der Waals surface area contributed by atoms with Crippen molar-refractivity contribution >= 4 is 17.3 Å². The van der Waals surface area contributed by atoms with E-state index in [1.165, 1.54) is 0 Å². The summed E-state index contributed by atoms with van der Waals surface area (Å²) in [4.78, 5) is 9.11. The summed E-state index contributed by atoms with van der Waals surface area (Å²) in [6.07, 6.45) is 0. The van der Waals surface area contributed by atoms with Gasteiger partial charge in [-0.05, 0) is 24.3 Å². The molecule has 0 amide bonds. The third kappa shape index (κ3) is 3.84. The molecule has 0 atom stereocenters. The van der Waals surface area contributed by atoms with Crippen LogP contribution in [0.25, 0.3) is 0 Å². The molecule has 1 aromatic carbocycles. The second-order valence-corrected chi connectivity index (χ2v) is 5.82. The predicted molar refractivity (Wildman–Crippen MR) is 86.6 cm³/mol. The maximum atomic E-state index is 5.16. The van der Waals surface area contributed by atoms with Gasteiger partial charge in [-0.1, -0.05) is 20.8 Å². The van der Waals surface area contributed by atoms with Gasteiger partial charge in [0.25, 0.3) is 0 Å². The van der Waals surface area contributed by atoms with Gasteiger partial charge in [-0.15, -0.1) is 0 Å². The lowest BCUT2D eigenvalue weighted by Crippen LogP contribution is -2.17. The van der Waals surface area contributed by atoms with Crippen molar-refractivity contribution in [2.45, 2.75) is 26.2 Å². The van der Waals surface area contributed by atoms with Crippen LogP contribution in [0.1, 0.15) is 26.6 Å². The van der Waals surface area contributed by atoms with Crippen molar-refractivity contribution in [2.75, 3.05) is 24.8 Å². The minimum Gasteiger partial charge on any atom is -0.497 e. The highest BCUT2D eigenvalue weighted by molar-refractivity contribution is 5.60. The van der Waals surface area contributed by atoms with Crippen molar-refractivity contribution in [3.63, 3.8) is 0 Å². The Kier molecular flexibility index (Phi) is 4.31. The number of methoxy groups -OCH3 is 1. The van der Waals surface area contributed by atoms with Crippen LogP contribution in [-0.2, 0) is 5.41 Å². The second-order valence-electron chi connectivity index (χ2n) is 5.82. The van der Waals surface area contributed by atoms with E-state index in [2.05, 4.69) is 41.4 Å². The van der Waals surface area contributed by atoms with E-state index in [4.69, 9.17) is 4.74 Å². The molecule has 1 heterocycles. The summed E-state index contributed by atoms with van der Waals surface area (Å²) >= 11 is 0. The highest BCUT2D eigenvalue weighted by Crippen LogP contribution is 2.24. The molecule has 5 nitrogen and oxygen atoms in total. The number of anilines is 3. The Morgan fingerprint density at radius 1 is 1.00 bits per heavy atom. The van der Waals surface area contributed by atoms with E-state index in [9.17, 15) is 0 Å². The fraction of sp³-hybridized carbons (Fsp3) is 0.375. The number of hydrogen-bond acceptors (Lipinski definition) is 5. The molecule has 0 aliphatic carbocycles. The summed E-state index contributed by atoms with van der Waals surface area (Å²) in [5.41, 5.74) is 0.847. The monoisotopic (exact) mass is 286 g/mol. The Balaban J connectivity index is 2.29. The van der Waals surface area contributed by atoms with Crippen LogP contribution in [0, 0.1) is 0 Å². The molecule has 2 aromatic rings. The molecule has 2 rings (SSSR count). The Hall–Kier alpha value is -2.30. The zero-order valence-electron chi connectivity index (χ0n) is 13.2. The van der Waals surface area contributed by atoms with Crippen LogP contribution in [0.2, 0.25) is 0 Å². The number of nitrogens with one attached hydrogen (secondary N) is 2. The van der Waals surface area contributed by atoms with Crippen molar-refractivity contribution in [1.29, 1.82) is 0 Å². The van der Waals surface area contributed by atoms with Crippen molar-refractivity contribution in [3.05, 3.63) is 36.2 Å². The third-order valence-electron chi connectivity index (χ3n) is 3.02. The fourth-order valence-electron chi connectivity index (χ4n) is 1.80. The average molecular weight is 286 g/mol. The van der Waals surface area contributed by atoms with Gasteiger partial charge in [0.05, 0.1) is 7.11 Å². The minimum atomic E-state index is -0.108. The zero-order chi connectivity index (χ0) is 15.5. The van der Waals surface area contributed by atoms with Gasteiger partial charge in [-0.3, -0.25) is 0 Å². The highest BCUT2D eigenvalue weighted by atomic mass is 16.5. The van der Waals surface area contributed by atoms with Crippen LogP contribution >= 0.6 is 0 Å². The molecule has 2 N–H and O–H groups in total. The van der Waals surface area contributed by atoms with Crippen LogP contribution in [0.5, 0.6) is 5.75 Å². The molecule has 0 saturated heterocycles. The summed E-state index contributed by atoms with van der Waals surface area (Å²) < 4.78 is 5.16. The molecule has 112 valence electrons. The van der Waals surface area contributed by atoms with Gasteiger partial charge in [0.1, 0.15) is 23.2 Å². The lowest BCUT2D eigenvalue weighted by Gasteiger charge is -2.19. The SMILES string of the molecule is CNc1cc(Nc2ccc(OC)cc2)nc(C(C)(C)C)n1. The van der Waals surface area contributed by atoms with E-state index in [0.717, 1.165) is 28.9 Å². The molecular weight excluding hydrogens is 264 g/mol. The normalized spacial score (nSPS) is 11.1. The van der Waals surface area contributed by atoms with Gasteiger partial charge in [0.2, 0.25) is 0 Å². The van der Waals surface area contributed by atoms with Crippen LogP contribution in [0.15, 0.2) is 30.3 Å². The Morgan fingerprint density at radius 3 is 2.14 bits per heavy atom. The maximum Gasteiger partial charge on any atom is 0.138 e. The van der Waals surface area contributed by atoms with E-state index in [-0.39, 0.29) is 5.41 Å². The number of nitrogens with zero attached hydrogens (tertiary/aromatic N) is 2. The quantitative estimate of drug-likeness (QED) is 0.900. The molecule has 0 radical (unpaired) electrons. The Labute approximate surface area is 125 Å². The second kappa shape index (κ2) is 5.99. The van der Waals surface area contributed by atoms with Crippen LogP contribution in [0.4, 0.5) is 17.3 Å². The summed E-state index contributed by atoms with van der Waals surface area (Å²) in [5.74, 6) is 3.19. The van der Waals surface area contributed by atoms with Gasteiger partial charge in [-0.25, -0.2) is 9.97 Å². The molecule has 1 aromatic heterocycles. The summed E-state index contributed by atoms with van der Waals surface area (Å²) in [5, 5.41) is 6.37. The molecule has 0 aliphatic rings. The highest BCUT2D eigenvalue weighted by Gasteiger charge is 2.19. The first-order valence-corrected chi connectivity index (χ1v) is 6.91. The molecule has 0 unspecified atom stereocenters. The average Bonchev–Trinajstić information content (AvgIpc) is 2.46. The van der Waals surface area contributed by atoms with Crippen molar-refractivity contribution in [2.24, 2.45) is 0 Å². The van der Waals surface area contributed by atoms with Crippen LogP contribution in [0.3, 0.4) is 0 Å². The molecule has 21 heavy (non-hydrogen) atoms. The van der Waals surface area contributed by atoms with Crippen LogP contribution in [-0.4, -0.2) is 24.1 Å². The van der Waals surface area contributed by atoms with Crippen molar-refractivity contribution in [1.82, 2.24) is 9.97 Å². The lowest BCUT2D eigenvalue weighted by atomic mass is 9.96. The van der Waals surface area contributed by atoms with Crippen molar-refractivity contribution in [3.8, 4) is 5.75 Å². The molecule has 0 fully saturated rings. The molecule has 0 aliphatic heterocycles. The van der Waals surface area contributed by atoms with E-state index in [1.807, 2.05) is 37.4 Å². The van der Waals surface area contributed by atoms with Crippen LogP contribution < -0.4 is 15.4 Å². The lowest BCUT2D eigenvalue weighted by molar-refractivity contribution is 0.415. The first-order valence-electron chi connectivity index (χ1n) is 6.91. The van der Waals surface area contributed by atoms with E-state index in [1.54, 1.807) is 7.11 Å². The molecule has 0 saturated carbocycles. The molecular formula is C16H22N4O. The molecule has 0 spiro atoms. The van der Waals surface area contributed by atoms with Crippen molar-refractivity contribution < 1.29 is 4.74 Å². The first-order chi connectivity index (χ1) is 9.92. The zero-order valence-corrected chi connectivity index (χ0v) is 13.2. The Morgan fingerprint density at radius 2 is 1.62 bits per heavy atom. The summed E-state index contributed by atoms with van der Waals surface area (Å²) in [6.45, 7) is 6.29. The number of hydrogen-bond donors (Lipinski definition) is 2. The van der Waals surface area contributed by atoms with Gasteiger partial charge in [0.15, 0.2) is 0 Å². The summed E-state index contributed by atoms with van der Waals surface area (Å²) in [7, 11) is 3.51. The molecule has 5 heteroatoms. The fourth-order valence-corrected chi connectivity index (χ4v) is 1.80. The third-order valence-corrected chi connectivity index (χ3v) is 3.02.